The Balaban J connectivity index is 1.41. The van der Waals surface area contributed by atoms with Crippen molar-refractivity contribution >= 4 is 35.0 Å². The van der Waals surface area contributed by atoms with Gasteiger partial charge in [-0.15, -0.1) is 0 Å². The maximum Gasteiger partial charge on any atom is 0.342 e. The summed E-state index contributed by atoms with van der Waals surface area (Å²) in [5.41, 5.74) is 1.07. The first-order chi connectivity index (χ1) is 19.2. The minimum absolute atomic E-state index is 0.145. The van der Waals surface area contributed by atoms with Crippen molar-refractivity contribution in [1.82, 2.24) is 15.3 Å². The molecule has 0 saturated heterocycles. The Morgan fingerprint density at radius 2 is 1.85 bits per heavy atom. The average Bonchev–Trinajstić information content (AvgIpc) is 3.03. The van der Waals surface area contributed by atoms with Crippen LogP contribution in [0.4, 0.5) is 31.9 Å². The molecule has 1 aromatic heterocycles. The number of halogens is 2. The molecule has 2 saturated carbocycles. The molecular formula is C28H36F2N6O4. The second kappa shape index (κ2) is 11.5. The number of nitrogens with zero attached hydrogens (tertiary/aromatic N) is 4. The summed E-state index contributed by atoms with van der Waals surface area (Å²) in [5.74, 6) is -4.38. The van der Waals surface area contributed by atoms with E-state index in [2.05, 4.69) is 20.6 Å². The van der Waals surface area contributed by atoms with E-state index >= 15 is 0 Å². The Morgan fingerprint density at radius 3 is 2.58 bits per heavy atom. The molecule has 10 nitrogen and oxygen atoms in total. The van der Waals surface area contributed by atoms with E-state index in [-0.39, 0.29) is 35.4 Å². The number of carbonyl (C=O) groups is 2. The Labute approximate surface area is 232 Å². The molecular weight excluding hydrogens is 522 g/mol. The first-order valence-electron chi connectivity index (χ1n) is 13.9. The SMILES string of the molecule is COc1cc(C(=O)N[C@H]2CCCC[C@@H]2O)ccc1Nc1ncc2c(n1)N(C1CCCCC1)CC(F)(F)C(=O)N2C. The number of hydrogen-bond acceptors (Lipinski definition) is 8. The fraction of sp³-hybridized carbons (Fsp3) is 0.571. The molecule has 2 atom stereocenters. The standard InChI is InChI=1S/C28H36F2N6O4/c1-35-21-15-31-27(34-24(21)36(16-28(29,30)26(35)39)18-8-4-3-5-9-18)33-20-13-12-17(14-23(20)40-2)25(38)32-19-10-6-7-11-22(19)37/h12-15,18-19,22,37H,3-11,16H2,1-2H3,(H,32,38)(H,31,33,34)/t19-,22-/m0/s1. The zero-order chi connectivity index (χ0) is 28.4. The lowest BCUT2D eigenvalue weighted by Gasteiger charge is -2.35. The Bertz CT molecular complexity index is 1260. The van der Waals surface area contributed by atoms with Crippen molar-refractivity contribution in [2.75, 3.05) is 35.8 Å². The number of amides is 2. The third-order valence-corrected chi connectivity index (χ3v) is 8.14. The minimum atomic E-state index is -3.56. The topological polar surface area (TPSA) is 120 Å². The molecule has 5 rings (SSSR count). The lowest BCUT2D eigenvalue weighted by molar-refractivity contribution is -0.140. The fourth-order valence-corrected chi connectivity index (χ4v) is 5.87. The van der Waals surface area contributed by atoms with Crippen LogP contribution in [0.3, 0.4) is 0 Å². The van der Waals surface area contributed by atoms with Crippen LogP contribution in [0.15, 0.2) is 24.4 Å². The molecule has 216 valence electrons. The largest absolute Gasteiger partial charge is 0.495 e. The molecule has 0 spiro atoms. The number of rotatable bonds is 6. The highest BCUT2D eigenvalue weighted by Crippen LogP contribution is 2.39. The van der Waals surface area contributed by atoms with Crippen LogP contribution in [0.2, 0.25) is 0 Å². The van der Waals surface area contributed by atoms with Gasteiger partial charge in [0.25, 0.3) is 11.8 Å². The van der Waals surface area contributed by atoms with E-state index in [0.717, 1.165) is 56.3 Å². The van der Waals surface area contributed by atoms with Crippen molar-refractivity contribution in [1.29, 1.82) is 0 Å². The maximum absolute atomic E-state index is 14.9. The van der Waals surface area contributed by atoms with Crippen LogP contribution in [0.5, 0.6) is 5.75 Å². The van der Waals surface area contributed by atoms with Gasteiger partial charge in [0.2, 0.25) is 5.95 Å². The van der Waals surface area contributed by atoms with Crippen LogP contribution < -0.4 is 25.2 Å². The number of methoxy groups -OCH3 is 1. The van der Waals surface area contributed by atoms with E-state index in [0.29, 0.717) is 23.4 Å². The summed E-state index contributed by atoms with van der Waals surface area (Å²) < 4.78 is 35.4. The van der Waals surface area contributed by atoms with Crippen LogP contribution in [-0.4, -0.2) is 71.7 Å². The lowest BCUT2D eigenvalue weighted by atomic mass is 9.92. The van der Waals surface area contributed by atoms with Gasteiger partial charge in [-0.3, -0.25) is 9.59 Å². The van der Waals surface area contributed by atoms with Crippen LogP contribution >= 0.6 is 0 Å². The Kier molecular flexibility index (Phi) is 8.07. The maximum atomic E-state index is 14.9. The van der Waals surface area contributed by atoms with Crippen molar-refractivity contribution in [3.05, 3.63) is 30.0 Å². The summed E-state index contributed by atoms with van der Waals surface area (Å²) in [6.45, 7) is -0.743. The molecule has 1 aromatic carbocycles. The van der Waals surface area contributed by atoms with Gasteiger partial charge in [-0.25, -0.2) is 4.98 Å². The van der Waals surface area contributed by atoms with Crippen molar-refractivity contribution in [3.8, 4) is 5.75 Å². The van der Waals surface area contributed by atoms with E-state index in [1.165, 1.54) is 20.4 Å². The van der Waals surface area contributed by atoms with Crippen molar-refractivity contribution in [2.45, 2.75) is 81.9 Å². The quantitative estimate of drug-likeness (QED) is 0.487. The highest BCUT2D eigenvalue weighted by Gasteiger charge is 2.48. The van der Waals surface area contributed by atoms with Crippen LogP contribution in [0.1, 0.15) is 68.1 Å². The van der Waals surface area contributed by atoms with Crippen LogP contribution in [0, 0.1) is 0 Å². The average molecular weight is 559 g/mol. The number of aromatic nitrogens is 2. The number of aliphatic hydroxyl groups excluding tert-OH is 1. The summed E-state index contributed by atoms with van der Waals surface area (Å²) in [7, 11) is 2.79. The fourth-order valence-electron chi connectivity index (χ4n) is 5.87. The molecule has 3 N–H and O–H groups in total. The smallest absolute Gasteiger partial charge is 0.342 e. The molecule has 2 amide bonds. The zero-order valence-electron chi connectivity index (χ0n) is 22.8. The molecule has 2 aliphatic carbocycles. The second-order valence-electron chi connectivity index (χ2n) is 10.9. The number of anilines is 4. The number of benzene rings is 1. The zero-order valence-corrected chi connectivity index (χ0v) is 22.8. The number of aliphatic hydroxyl groups is 1. The van der Waals surface area contributed by atoms with Gasteiger partial charge in [-0.05, 0) is 43.9 Å². The predicted octanol–water partition coefficient (Wildman–Crippen LogP) is 4.01. The minimum Gasteiger partial charge on any atom is -0.495 e. The summed E-state index contributed by atoms with van der Waals surface area (Å²) in [6.07, 6.45) is 8.51. The molecule has 3 aliphatic rings. The van der Waals surface area contributed by atoms with Crippen molar-refractivity contribution in [3.63, 3.8) is 0 Å². The normalized spacial score (nSPS) is 23.3. The second-order valence-corrected chi connectivity index (χ2v) is 10.9. The van der Waals surface area contributed by atoms with E-state index in [9.17, 15) is 23.5 Å². The third-order valence-electron chi connectivity index (χ3n) is 8.14. The van der Waals surface area contributed by atoms with E-state index < -0.39 is 24.5 Å². The first kappa shape index (κ1) is 28.0. The molecule has 1 aliphatic heterocycles. The first-order valence-corrected chi connectivity index (χ1v) is 13.9. The van der Waals surface area contributed by atoms with Gasteiger partial charge in [0.15, 0.2) is 5.82 Å². The predicted molar refractivity (Wildman–Crippen MR) is 147 cm³/mol. The van der Waals surface area contributed by atoms with Crippen LogP contribution in [0.25, 0.3) is 0 Å². The van der Waals surface area contributed by atoms with Crippen molar-refractivity contribution < 1.29 is 28.2 Å². The van der Waals surface area contributed by atoms with Crippen molar-refractivity contribution in [2.24, 2.45) is 0 Å². The van der Waals surface area contributed by atoms with Gasteiger partial charge in [0.1, 0.15) is 11.4 Å². The summed E-state index contributed by atoms with van der Waals surface area (Å²) in [5, 5.41) is 16.2. The molecule has 0 radical (unpaired) electrons. The van der Waals surface area contributed by atoms with Gasteiger partial charge in [-0.2, -0.15) is 13.8 Å². The molecule has 0 bridgehead atoms. The van der Waals surface area contributed by atoms with Gasteiger partial charge < -0.3 is 30.3 Å². The van der Waals surface area contributed by atoms with Gasteiger partial charge in [0.05, 0.1) is 37.7 Å². The highest BCUT2D eigenvalue weighted by atomic mass is 19.3. The number of nitrogens with one attached hydrogen (secondary N) is 2. The molecule has 40 heavy (non-hydrogen) atoms. The molecule has 2 fully saturated rings. The third kappa shape index (κ3) is 5.67. The molecule has 12 heteroatoms. The number of carbonyl (C=O) groups excluding carboxylic acids is 2. The molecule has 0 unspecified atom stereocenters. The molecule has 2 heterocycles. The summed E-state index contributed by atoms with van der Waals surface area (Å²) in [6, 6.07) is 4.42. The number of hydrogen-bond donors (Lipinski definition) is 3. The van der Waals surface area contributed by atoms with E-state index in [1.54, 1.807) is 23.1 Å². The number of fused-ring (bicyclic) bond motifs is 1. The van der Waals surface area contributed by atoms with E-state index in [4.69, 9.17) is 4.74 Å². The summed E-state index contributed by atoms with van der Waals surface area (Å²) in [4.78, 5) is 36.8. The highest BCUT2D eigenvalue weighted by molar-refractivity contribution is 6.02. The summed E-state index contributed by atoms with van der Waals surface area (Å²) >= 11 is 0. The lowest BCUT2D eigenvalue weighted by Crippen LogP contribution is -2.49. The van der Waals surface area contributed by atoms with E-state index in [1.807, 2.05) is 0 Å². The van der Waals surface area contributed by atoms with Gasteiger partial charge in [-0.1, -0.05) is 32.1 Å². The Morgan fingerprint density at radius 1 is 1.12 bits per heavy atom. The van der Waals surface area contributed by atoms with Crippen LogP contribution in [-0.2, 0) is 4.79 Å². The molecule has 2 aromatic rings. The Hall–Kier alpha value is -3.54. The number of alkyl halides is 2. The van der Waals surface area contributed by atoms with Gasteiger partial charge >= 0.3 is 5.92 Å². The number of ether oxygens (including phenoxy) is 1. The monoisotopic (exact) mass is 558 g/mol. The van der Waals surface area contributed by atoms with Gasteiger partial charge in [0, 0.05) is 18.7 Å².